The number of nitrogens with one attached hydrogen (secondary N) is 1. The first-order valence-corrected chi connectivity index (χ1v) is 11.1. The molecule has 0 spiro atoms. The van der Waals surface area contributed by atoms with Crippen molar-refractivity contribution >= 4 is 18.0 Å². The largest absolute Gasteiger partial charge is 0.481 e. The summed E-state index contributed by atoms with van der Waals surface area (Å²) in [6.45, 7) is 2.45. The standard InChI is InChI=1S/C25H26N2O5/c1-2-20(23(28)27-12-14-11-21(27)22(14)24(29)30)26-25(31)32-13-19-17-9-5-3-7-15(17)16-8-4-6-10-18(16)19/h3-10,14,19-22H,2,11-13H2,1H3,(H,26,31)(H,29,30). The van der Waals surface area contributed by atoms with Gasteiger partial charge in [-0.2, -0.15) is 0 Å². The van der Waals surface area contributed by atoms with E-state index in [0.29, 0.717) is 13.0 Å². The number of carboxylic acids is 1. The van der Waals surface area contributed by atoms with Gasteiger partial charge in [-0.3, -0.25) is 9.59 Å². The minimum Gasteiger partial charge on any atom is -0.481 e. The molecule has 2 aromatic rings. The molecule has 2 aromatic carbocycles. The fourth-order valence-corrected chi connectivity index (χ4v) is 5.56. The van der Waals surface area contributed by atoms with Crippen molar-refractivity contribution in [1.82, 2.24) is 10.2 Å². The zero-order valence-electron chi connectivity index (χ0n) is 17.9. The molecule has 4 atom stereocenters. The Bertz CT molecular complexity index is 1040. The van der Waals surface area contributed by atoms with Gasteiger partial charge in [-0.25, -0.2) is 4.79 Å². The van der Waals surface area contributed by atoms with Crippen LogP contribution < -0.4 is 5.32 Å². The molecule has 6 rings (SSSR count). The minimum atomic E-state index is -0.848. The Hall–Kier alpha value is -3.35. The number of nitrogens with zero attached hydrogens (tertiary/aromatic N) is 1. The fraction of sp³-hybridized carbons (Fsp3) is 0.400. The van der Waals surface area contributed by atoms with E-state index in [-0.39, 0.29) is 30.4 Å². The molecule has 4 aliphatic rings. The van der Waals surface area contributed by atoms with Crippen LogP contribution in [0.3, 0.4) is 0 Å². The van der Waals surface area contributed by atoms with Gasteiger partial charge in [-0.05, 0) is 41.0 Å². The average Bonchev–Trinajstić information content (AvgIpc) is 3.46. The number of fused-ring (bicyclic) bond motifs is 4. The molecular formula is C25H26N2O5. The van der Waals surface area contributed by atoms with Crippen molar-refractivity contribution in [1.29, 1.82) is 0 Å². The van der Waals surface area contributed by atoms with Crippen LogP contribution in [0, 0.1) is 11.8 Å². The van der Waals surface area contributed by atoms with E-state index >= 15 is 0 Å². The van der Waals surface area contributed by atoms with Crippen LogP contribution in [0.25, 0.3) is 11.1 Å². The summed E-state index contributed by atoms with van der Waals surface area (Å²) >= 11 is 0. The Morgan fingerprint density at radius 3 is 2.28 bits per heavy atom. The molecule has 1 saturated carbocycles. The third-order valence-corrected chi connectivity index (χ3v) is 7.21. The molecule has 7 heteroatoms. The number of carbonyl (C=O) groups is 3. The summed E-state index contributed by atoms with van der Waals surface area (Å²) in [5.41, 5.74) is 4.56. The molecule has 2 bridgehead atoms. The molecule has 2 aliphatic heterocycles. The van der Waals surface area contributed by atoms with Crippen LogP contribution in [-0.4, -0.2) is 53.2 Å². The SMILES string of the molecule is CCC(NC(=O)OCC1c2ccccc2-c2ccccc21)C(=O)N1CC2CC1C2C(=O)O. The maximum absolute atomic E-state index is 13.0. The van der Waals surface area contributed by atoms with Gasteiger partial charge in [0.05, 0.1) is 5.92 Å². The van der Waals surface area contributed by atoms with Gasteiger partial charge in [0.15, 0.2) is 0 Å². The lowest BCUT2D eigenvalue weighted by atomic mass is 9.74. The first-order valence-electron chi connectivity index (χ1n) is 11.1. The highest BCUT2D eigenvalue weighted by atomic mass is 16.5. The van der Waals surface area contributed by atoms with E-state index in [4.69, 9.17) is 4.74 Å². The molecule has 3 fully saturated rings. The van der Waals surface area contributed by atoms with Crippen molar-refractivity contribution < 1.29 is 24.2 Å². The van der Waals surface area contributed by atoms with Crippen LogP contribution in [0.5, 0.6) is 0 Å². The van der Waals surface area contributed by atoms with Gasteiger partial charge >= 0.3 is 12.1 Å². The number of carboxylic acid groups (broad SMARTS) is 1. The molecule has 2 N–H and O–H groups in total. The van der Waals surface area contributed by atoms with Crippen LogP contribution in [0.2, 0.25) is 0 Å². The average molecular weight is 434 g/mol. The van der Waals surface area contributed by atoms with Gasteiger partial charge < -0.3 is 20.1 Å². The monoisotopic (exact) mass is 434 g/mol. The number of hydrogen-bond donors (Lipinski definition) is 2. The molecule has 2 aliphatic carbocycles. The number of ether oxygens (including phenoxy) is 1. The zero-order valence-corrected chi connectivity index (χ0v) is 17.9. The number of hydrogen-bond acceptors (Lipinski definition) is 4. The second-order valence-electron chi connectivity index (χ2n) is 8.85. The Kier molecular flexibility index (Phi) is 5.12. The van der Waals surface area contributed by atoms with E-state index in [1.54, 1.807) is 4.90 Å². The zero-order chi connectivity index (χ0) is 22.4. The second-order valence-corrected chi connectivity index (χ2v) is 8.85. The molecule has 7 nitrogen and oxygen atoms in total. The first-order chi connectivity index (χ1) is 15.5. The topological polar surface area (TPSA) is 95.9 Å². The predicted molar refractivity (Wildman–Crippen MR) is 117 cm³/mol. The molecule has 4 unspecified atom stereocenters. The van der Waals surface area contributed by atoms with Crippen molar-refractivity contribution in [3.05, 3.63) is 59.7 Å². The molecule has 0 radical (unpaired) electrons. The van der Waals surface area contributed by atoms with Crippen LogP contribution in [-0.2, 0) is 14.3 Å². The normalized spacial score (nSPS) is 23.7. The Morgan fingerprint density at radius 2 is 1.72 bits per heavy atom. The van der Waals surface area contributed by atoms with Crippen LogP contribution in [0.1, 0.15) is 36.8 Å². The van der Waals surface area contributed by atoms with Gasteiger partial charge in [-0.15, -0.1) is 0 Å². The number of rotatable bonds is 6. The number of amides is 2. The third kappa shape index (κ3) is 3.23. The van der Waals surface area contributed by atoms with Gasteiger partial charge in [0.25, 0.3) is 0 Å². The van der Waals surface area contributed by atoms with Gasteiger partial charge in [-0.1, -0.05) is 55.5 Å². The highest BCUT2D eigenvalue weighted by Gasteiger charge is 2.57. The fourth-order valence-electron chi connectivity index (χ4n) is 5.56. The lowest BCUT2D eigenvalue weighted by molar-refractivity contribution is -0.148. The van der Waals surface area contributed by atoms with Crippen LogP contribution in [0.15, 0.2) is 48.5 Å². The summed E-state index contributed by atoms with van der Waals surface area (Å²) in [6.07, 6.45) is 0.507. The van der Waals surface area contributed by atoms with E-state index in [0.717, 1.165) is 28.7 Å². The van der Waals surface area contributed by atoms with E-state index in [1.165, 1.54) is 0 Å². The minimum absolute atomic E-state index is 0.0217. The summed E-state index contributed by atoms with van der Waals surface area (Å²) in [7, 11) is 0. The molecule has 2 amide bonds. The summed E-state index contributed by atoms with van der Waals surface area (Å²) in [5, 5.41) is 12.0. The van der Waals surface area contributed by atoms with E-state index in [9.17, 15) is 19.5 Å². The molecule has 32 heavy (non-hydrogen) atoms. The molecule has 2 heterocycles. The van der Waals surface area contributed by atoms with Crippen molar-refractivity contribution in [2.75, 3.05) is 13.2 Å². The van der Waals surface area contributed by atoms with E-state index in [1.807, 2.05) is 31.2 Å². The number of alkyl carbamates (subject to hydrolysis) is 1. The van der Waals surface area contributed by atoms with E-state index < -0.39 is 24.0 Å². The first kappa shape index (κ1) is 20.5. The summed E-state index contributed by atoms with van der Waals surface area (Å²) in [6, 6.07) is 15.2. The number of benzene rings is 2. The maximum Gasteiger partial charge on any atom is 0.407 e. The van der Waals surface area contributed by atoms with Crippen molar-refractivity contribution in [3.63, 3.8) is 0 Å². The molecule has 2 saturated heterocycles. The molecule has 166 valence electrons. The van der Waals surface area contributed by atoms with Crippen molar-refractivity contribution in [2.24, 2.45) is 11.8 Å². The Morgan fingerprint density at radius 1 is 1.09 bits per heavy atom. The molecule has 0 aromatic heterocycles. The number of carbonyl (C=O) groups excluding carboxylic acids is 2. The lowest BCUT2D eigenvalue weighted by Gasteiger charge is -2.34. The predicted octanol–water partition coefficient (Wildman–Crippen LogP) is 3.24. The Balaban J connectivity index is 1.22. The second kappa shape index (κ2) is 7.97. The third-order valence-electron chi connectivity index (χ3n) is 7.21. The van der Waals surface area contributed by atoms with Gasteiger partial charge in [0, 0.05) is 18.5 Å². The highest BCUT2D eigenvalue weighted by molar-refractivity contribution is 5.88. The summed E-state index contributed by atoms with van der Waals surface area (Å²) in [5.74, 6) is -1.58. The Labute approximate surface area is 186 Å². The van der Waals surface area contributed by atoms with Crippen molar-refractivity contribution in [3.8, 4) is 11.1 Å². The van der Waals surface area contributed by atoms with Crippen LogP contribution >= 0.6 is 0 Å². The van der Waals surface area contributed by atoms with E-state index in [2.05, 4.69) is 29.6 Å². The van der Waals surface area contributed by atoms with Crippen LogP contribution in [0.4, 0.5) is 4.79 Å². The summed E-state index contributed by atoms with van der Waals surface area (Å²) < 4.78 is 5.57. The van der Waals surface area contributed by atoms with Crippen molar-refractivity contribution in [2.45, 2.75) is 37.8 Å². The smallest absolute Gasteiger partial charge is 0.407 e. The summed E-state index contributed by atoms with van der Waals surface area (Å²) in [4.78, 5) is 38.6. The lowest BCUT2D eigenvalue weighted by Crippen LogP contribution is -2.51. The van der Waals surface area contributed by atoms with Gasteiger partial charge in [0.1, 0.15) is 12.6 Å². The van der Waals surface area contributed by atoms with Gasteiger partial charge in [0.2, 0.25) is 5.91 Å². The number of aliphatic carboxylic acids is 1. The highest BCUT2D eigenvalue weighted by Crippen LogP contribution is 2.47. The maximum atomic E-state index is 13.0. The molecular weight excluding hydrogens is 408 g/mol. The quantitative estimate of drug-likeness (QED) is 0.728.